The van der Waals surface area contributed by atoms with Crippen molar-refractivity contribution in [2.75, 3.05) is 11.1 Å². The van der Waals surface area contributed by atoms with Crippen molar-refractivity contribution in [3.63, 3.8) is 0 Å². The second-order valence-corrected chi connectivity index (χ2v) is 5.31. The summed E-state index contributed by atoms with van der Waals surface area (Å²) in [5.41, 5.74) is 6.36. The monoisotopic (exact) mass is 313 g/mol. The topological polar surface area (TPSA) is 133 Å². The molecule has 118 valence electrons. The van der Waals surface area contributed by atoms with Crippen LogP contribution < -0.4 is 16.6 Å². The lowest BCUT2D eigenvalue weighted by molar-refractivity contribution is -0.118. The number of nitrogen functional groups attached to an aromatic ring is 1. The molecule has 8 nitrogen and oxygen atoms in total. The molecule has 3 rings (SSSR count). The number of carbonyl (C=O) groups excluding carboxylic acids is 1. The van der Waals surface area contributed by atoms with E-state index in [4.69, 9.17) is 10.9 Å². The van der Waals surface area contributed by atoms with Crippen LogP contribution in [0.25, 0.3) is 0 Å². The van der Waals surface area contributed by atoms with Gasteiger partial charge in [-0.2, -0.15) is 4.98 Å². The first kappa shape index (κ1) is 14.8. The van der Waals surface area contributed by atoms with Gasteiger partial charge in [-0.15, -0.1) is 0 Å². The Kier molecular flexibility index (Phi) is 3.57. The number of rotatable bonds is 2. The fraction of sp³-hybridized carbons (Fsp3) is 0.200. The third-order valence-electron chi connectivity index (χ3n) is 3.91. The van der Waals surface area contributed by atoms with Crippen LogP contribution in [0, 0.1) is 5.92 Å². The summed E-state index contributed by atoms with van der Waals surface area (Å²) in [7, 11) is 0. The number of nitrogens with zero attached hydrogens (tertiary/aromatic N) is 2. The number of anilines is 2. The number of hydrogen-bond donors (Lipinski definition) is 4. The van der Waals surface area contributed by atoms with Crippen LogP contribution in [0.4, 0.5) is 11.8 Å². The molecular formula is C15H15N5O3. The summed E-state index contributed by atoms with van der Waals surface area (Å²) in [6, 6.07) is 9.06. The van der Waals surface area contributed by atoms with E-state index in [1.165, 1.54) is 6.92 Å². The van der Waals surface area contributed by atoms with Crippen LogP contribution in [0.5, 0.6) is 0 Å². The molecule has 23 heavy (non-hydrogen) atoms. The molecule has 0 fully saturated rings. The lowest BCUT2D eigenvalue weighted by atomic mass is 9.76. The van der Waals surface area contributed by atoms with Gasteiger partial charge in [0.15, 0.2) is 0 Å². The van der Waals surface area contributed by atoms with E-state index >= 15 is 0 Å². The fourth-order valence-corrected chi connectivity index (χ4v) is 2.91. The van der Waals surface area contributed by atoms with Gasteiger partial charge in [-0.25, -0.2) is 0 Å². The van der Waals surface area contributed by atoms with E-state index in [9.17, 15) is 9.59 Å². The third-order valence-corrected chi connectivity index (χ3v) is 3.91. The Morgan fingerprint density at radius 3 is 2.65 bits per heavy atom. The maximum absolute atomic E-state index is 12.5. The van der Waals surface area contributed by atoms with Crippen molar-refractivity contribution >= 4 is 23.4 Å². The molecule has 1 aliphatic rings. The minimum absolute atomic E-state index is 0.0770. The maximum Gasteiger partial charge on any atom is 0.258 e. The predicted octanol–water partition coefficient (Wildman–Crippen LogP) is 0.902. The molecule has 0 bridgehead atoms. The van der Waals surface area contributed by atoms with Gasteiger partial charge in [-0.05, 0) is 12.5 Å². The normalized spacial score (nSPS) is 20.7. The average Bonchev–Trinajstić information content (AvgIpc) is 2.53. The van der Waals surface area contributed by atoms with E-state index in [0.717, 1.165) is 5.56 Å². The lowest BCUT2D eigenvalue weighted by Gasteiger charge is -2.31. The molecule has 1 aliphatic heterocycles. The van der Waals surface area contributed by atoms with Crippen molar-refractivity contribution in [2.45, 2.75) is 12.8 Å². The zero-order chi connectivity index (χ0) is 16.6. The first-order valence-electron chi connectivity index (χ1n) is 6.97. The molecular weight excluding hydrogens is 298 g/mol. The van der Waals surface area contributed by atoms with E-state index in [-0.39, 0.29) is 23.0 Å². The minimum Gasteiger partial charge on any atom is -0.411 e. The number of carbonyl (C=O) groups is 1. The van der Waals surface area contributed by atoms with E-state index in [1.807, 2.05) is 18.2 Å². The SMILES string of the molecule is C/C(=N\O)[C@@H]1C(=O)Nc2nc(N)[nH]c(=O)c2[C@H]1c1ccccc1. The highest BCUT2D eigenvalue weighted by Crippen LogP contribution is 2.38. The Labute approximate surface area is 131 Å². The molecule has 2 aromatic rings. The van der Waals surface area contributed by atoms with Crippen molar-refractivity contribution in [2.24, 2.45) is 11.1 Å². The number of H-pyrrole nitrogens is 1. The smallest absolute Gasteiger partial charge is 0.258 e. The highest BCUT2D eigenvalue weighted by molar-refractivity contribution is 6.11. The summed E-state index contributed by atoms with van der Waals surface area (Å²) in [6.07, 6.45) is 0. The van der Waals surface area contributed by atoms with Crippen molar-refractivity contribution in [1.82, 2.24) is 9.97 Å². The second-order valence-electron chi connectivity index (χ2n) is 5.31. The van der Waals surface area contributed by atoms with E-state index in [0.29, 0.717) is 0 Å². The average molecular weight is 313 g/mol. The number of amides is 1. The molecule has 0 spiro atoms. The zero-order valence-electron chi connectivity index (χ0n) is 12.3. The first-order chi connectivity index (χ1) is 11.0. The fourth-order valence-electron chi connectivity index (χ4n) is 2.91. The number of benzene rings is 1. The maximum atomic E-state index is 12.5. The van der Waals surface area contributed by atoms with E-state index in [2.05, 4.69) is 20.4 Å². The van der Waals surface area contributed by atoms with Crippen LogP contribution in [0.15, 0.2) is 40.3 Å². The molecule has 2 heterocycles. The minimum atomic E-state index is -0.818. The van der Waals surface area contributed by atoms with Gasteiger partial charge in [-0.3, -0.25) is 14.6 Å². The predicted molar refractivity (Wildman–Crippen MR) is 84.6 cm³/mol. The van der Waals surface area contributed by atoms with Crippen molar-refractivity contribution < 1.29 is 10.0 Å². The Hall–Kier alpha value is -3.16. The third kappa shape index (κ3) is 2.44. The van der Waals surface area contributed by atoms with Gasteiger partial charge in [0.2, 0.25) is 11.9 Å². The molecule has 1 aromatic carbocycles. The molecule has 8 heteroatoms. The Bertz CT molecular complexity index is 844. The summed E-state index contributed by atoms with van der Waals surface area (Å²) >= 11 is 0. The van der Waals surface area contributed by atoms with Crippen LogP contribution in [-0.4, -0.2) is 26.8 Å². The molecule has 1 amide bonds. The molecule has 2 atom stereocenters. The molecule has 0 aliphatic carbocycles. The molecule has 0 unspecified atom stereocenters. The highest BCUT2D eigenvalue weighted by Gasteiger charge is 2.41. The van der Waals surface area contributed by atoms with Gasteiger partial charge in [0, 0.05) is 5.92 Å². The van der Waals surface area contributed by atoms with Crippen LogP contribution in [0.2, 0.25) is 0 Å². The number of nitrogens with two attached hydrogens (primary N) is 1. The number of aromatic nitrogens is 2. The summed E-state index contributed by atoms with van der Waals surface area (Å²) in [5, 5.41) is 14.8. The number of fused-ring (bicyclic) bond motifs is 1. The van der Waals surface area contributed by atoms with Crippen LogP contribution in [0.1, 0.15) is 24.0 Å². The molecule has 0 saturated carbocycles. The molecule has 0 radical (unpaired) electrons. The molecule has 1 aromatic heterocycles. The van der Waals surface area contributed by atoms with Gasteiger partial charge in [0.25, 0.3) is 5.56 Å². The summed E-state index contributed by atoms with van der Waals surface area (Å²) in [4.78, 5) is 31.3. The Morgan fingerprint density at radius 1 is 1.30 bits per heavy atom. The number of oxime groups is 1. The molecule has 0 saturated heterocycles. The zero-order valence-corrected chi connectivity index (χ0v) is 12.3. The van der Waals surface area contributed by atoms with E-state index < -0.39 is 23.3 Å². The number of nitrogens with one attached hydrogen (secondary N) is 2. The Balaban J connectivity index is 2.29. The van der Waals surface area contributed by atoms with Gasteiger partial charge >= 0.3 is 0 Å². The van der Waals surface area contributed by atoms with Crippen LogP contribution in [0.3, 0.4) is 0 Å². The Morgan fingerprint density at radius 2 is 2.00 bits per heavy atom. The largest absolute Gasteiger partial charge is 0.411 e. The number of aromatic amines is 1. The van der Waals surface area contributed by atoms with Gasteiger partial charge < -0.3 is 16.3 Å². The van der Waals surface area contributed by atoms with Crippen LogP contribution in [-0.2, 0) is 4.79 Å². The van der Waals surface area contributed by atoms with Crippen molar-refractivity contribution in [1.29, 1.82) is 0 Å². The molecule has 5 N–H and O–H groups in total. The van der Waals surface area contributed by atoms with Gasteiger partial charge in [-0.1, -0.05) is 35.5 Å². The van der Waals surface area contributed by atoms with Crippen LogP contribution >= 0.6 is 0 Å². The first-order valence-corrected chi connectivity index (χ1v) is 6.97. The standard InChI is InChI=1S/C15H15N5O3/c1-7(20-23)9-10(8-5-3-2-4-6-8)11-12(17-13(9)21)18-15(16)19-14(11)22/h2-6,9-10,23H,1H3,(H4,16,17,18,19,21,22)/b20-7+/t9-,10-/m0/s1. The lowest BCUT2D eigenvalue weighted by Crippen LogP contribution is -2.42. The quantitative estimate of drug-likeness (QED) is 0.371. The van der Waals surface area contributed by atoms with E-state index in [1.54, 1.807) is 12.1 Å². The van der Waals surface area contributed by atoms with Gasteiger partial charge in [0.1, 0.15) is 5.82 Å². The van der Waals surface area contributed by atoms with Crippen molar-refractivity contribution in [3.05, 3.63) is 51.8 Å². The summed E-state index contributed by atoms with van der Waals surface area (Å²) in [6.45, 7) is 1.53. The summed E-state index contributed by atoms with van der Waals surface area (Å²) < 4.78 is 0. The summed E-state index contributed by atoms with van der Waals surface area (Å²) in [5.74, 6) is -1.78. The second kappa shape index (κ2) is 5.56. The number of hydrogen-bond acceptors (Lipinski definition) is 6. The highest BCUT2D eigenvalue weighted by atomic mass is 16.4. The van der Waals surface area contributed by atoms with Gasteiger partial charge in [0.05, 0.1) is 17.2 Å². The van der Waals surface area contributed by atoms with Crippen molar-refractivity contribution in [3.8, 4) is 0 Å².